The van der Waals surface area contributed by atoms with E-state index in [9.17, 15) is 0 Å². The molecular formula is C12H11N5O3. The van der Waals surface area contributed by atoms with E-state index in [0.29, 0.717) is 23.0 Å². The van der Waals surface area contributed by atoms with E-state index >= 15 is 0 Å². The maximum atomic E-state index is 9.11. The van der Waals surface area contributed by atoms with Crippen LogP contribution in [-0.4, -0.2) is 37.2 Å². The molecule has 0 bridgehead atoms. The van der Waals surface area contributed by atoms with Crippen molar-refractivity contribution < 1.29 is 14.6 Å². The second-order valence-corrected chi connectivity index (χ2v) is 3.94. The molecule has 3 rings (SSSR count). The van der Waals surface area contributed by atoms with Crippen LogP contribution in [0.5, 0.6) is 17.4 Å². The van der Waals surface area contributed by atoms with Gasteiger partial charge in [-0.1, -0.05) is 6.07 Å². The molecule has 1 aromatic carbocycles. The van der Waals surface area contributed by atoms with Crippen LogP contribution >= 0.6 is 0 Å². The molecule has 2 heterocycles. The SMILES string of the molecule is COc1cc(CO)ccc1Oc1cncc2nnnn12. The Morgan fingerprint density at radius 2 is 2.15 bits per heavy atom. The van der Waals surface area contributed by atoms with Gasteiger partial charge in [0.05, 0.1) is 26.1 Å². The summed E-state index contributed by atoms with van der Waals surface area (Å²) in [5.74, 6) is 1.35. The lowest BCUT2D eigenvalue weighted by Crippen LogP contribution is -1.99. The van der Waals surface area contributed by atoms with Gasteiger partial charge >= 0.3 is 0 Å². The van der Waals surface area contributed by atoms with Crippen molar-refractivity contribution in [1.82, 2.24) is 25.0 Å². The van der Waals surface area contributed by atoms with E-state index in [0.717, 1.165) is 5.56 Å². The summed E-state index contributed by atoms with van der Waals surface area (Å²) in [5, 5.41) is 20.3. The molecule has 0 atom stereocenters. The molecule has 8 nitrogen and oxygen atoms in total. The van der Waals surface area contributed by atoms with Gasteiger partial charge in [0.1, 0.15) is 0 Å². The fourth-order valence-corrected chi connectivity index (χ4v) is 1.73. The lowest BCUT2D eigenvalue weighted by atomic mass is 10.2. The van der Waals surface area contributed by atoms with E-state index in [1.807, 2.05) is 0 Å². The zero-order valence-electron chi connectivity index (χ0n) is 10.6. The smallest absolute Gasteiger partial charge is 0.242 e. The van der Waals surface area contributed by atoms with Crippen molar-refractivity contribution in [2.75, 3.05) is 7.11 Å². The number of nitrogens with zero attached hydrogens (tertiary/aromatic N) is 5. The number of benzene rings is 1. The quantitative estimate of drug-likeness (QED) is 0.751. The van der Waals surface area contributed by atoms with Crippen molar-refractivity contribution in [1.29, 1.82) is 0 Å². The predicted molar refractivity (Wildman–Crippen MR) is 67.6 cm³/mol. The molecule has 20 heavy (non-hydrogen) atoms. The monoisotopic (exact) mass is 273 g/mol. The van der Waals surface area contributed by atoms with Gasteiger partial charge in [-0.05, 0) is 28.1 Å². The summed E-state index contributed by atoms with van der Waals surface area (Å²) in [4.78, 5) is 4.00. The molecule has 0 fully saturated rings. The Morgan fingerprint density at radius 1 is 1.25 bits per heavy atom. The minimum atomic E-state index is -0.0687. The van der Waals surface area contributed by atoms with Crippen LogP contribution in [-0.2, 0) is 6.61 Å². The number of aliphatic hydroxyl groups is 1. The fraction of sp³-hybridized carbons (Fsp3) is 0.167. The Balaban J connectivity index is 2.00. The highest BCUT2D eigenvalue weighted by Gasteiger charge is 2.10. The Morgan fingerprint density at radius 3 is 2.95 bits per heavy atom. The van der Waals surface area contributed by atoms with Gasteiger partial charge in [0.15, 0.2) is 11.5 Å². The molecule has 102 valence electrons. The molecule has 0 aliphatic carbocycles. The van der Waals surface area contributed by atoms with Crippen LogP contribution in [0.2, 0.25) is 0 Å². The van der Waals surface area contributed by atoms with Crippen molar-refractivity contribution in [3.8, 4) is 17.4 Å². The largest absolute Gasteiger partial charge is 0.493 e. The second-order valence-electron chi connectivity index (χ2n) is 3.94. The number of aliphatic hydroxyl groups excluding tert-OH is 1. The maximum absolute atomic E-state index is 9.11. The van der Waals surface area contributed by atoms with Crippen molar-refractivity contribution in [2.24, 2.45) is 0 Å². The molecule has 0 spiro atoms. The molecule has 0 aliphatic rings. The van der Waals surface area contributed by atoms with E-state index in [-0.39, 0.29) is 6.61 Å². The minimum absolute atomic E-state index is 0.0687. The molecule has 8 heteroatoms. The van der Waals surface area contributed by atoms with Crippen LogP contribution in [0.3, 0.4) is 0 Å². The summed E-state index contributed by atoms with van der Waals surface area (Å²) in [7, 11) is 1.53. The number of fused-ring (bicyclic) bond motifs is 1. The van der Waals surface area contributed by atoms with Gasteiger partial charge in [-0.15, -0.1) is 5.10 Å². The summed E-state index contributed by atoms with van der Waals surface area (Å²) in [5.41, 5.74) is 1.21. The number of hydrogen-bond acceptors (Lipinski definition) is 7. The molecular weight excluding hydrogens is 262 g/mol. The molecule has 0 saturated carbocycles. The lowest BCUT2D eigenvalue weighted by Gasteiger charge is -2.11. The minimum Gasteiger partial charge on any atom is -0.493 e. The molecule has 0 aliphatic heterocycles. The Labute approximate surface area is 113 Å². The fourth-order valence-electron chi connectivity index (χ4n) is 1.73. The summed E-state index contributed by atoms with van der Waals surface area (Å²) in [6, 6.07) is 5.14. The van der Waals surface area contributed by atoms with Crippen LogP contribution in [0.25, 0.3) is 5.65 Å². The average molecular weight is 273 g/mol. The van der Waals surface area contributed by atoms with Gasteiger partial charge in [0.2, 0.25) is 11.5 Å². The third-order valence-corrected chi connectivity index (χ3v) is 2.70. The Bertz CT molecular complexity index is 743. The molecule has 0 radical (unpaired) electrons. The van der Waals surface area contributed by atoms with Gasteiger partial charge in [-0.25, -0.2) is 0 Å². The first-order valence-corrected chi connectivity index (χ1v) is 5.79. The first-order chi connectivity index (χ1) is 9.81. The number of rotatable bonds is 4. The number of tetrazole rings is 1. The number of aromatic nitrogens is 5. The number of ether oxygens (including phenoxy) is 2. The molecule has 0 unspecified atom stereocenters. The highest BCUT2D eigenvalue weighted by atomic mass is 16.5. The van der Waals surface area contributed by atoms with Gasteiger partial charge in [0, 0.05) is 0 Å². The van der Waals surface area contributed by atoms with Crippen molar-refractivity contribution >= 4 is 5.65 Å². The van der Waals surface area contributed by atoms with E-state index in [1.165, 1.54) is 24.0 Å². The Hall–Kier alpha value is -2.74. The van der Waals surface area contributed by atoms with E-state index in [1.54, 1.807) is 18.2 Å². The topological polar surface area (TPSA) is 94.7 Å². The zero-order chi connectivity index (χ0) is 13.9. The highest BCUT2D eigenvalue weighted by molar-refractivity contribution is 5.45. The third-order valence-electron chi connectivity index (χ3n) is 2.70. The second kappa shape index (κ2) is 5.10. The van der Waals surface area contributed by atoms with Gasteiger partial charge in [-0.2, -0.15) is 4.52 Å². The van der Waals surface area contributed by atoms with Crippen LogP contribution in [0.4, 0.5) is 0 Å². The lowest BCUT2D eigenvalue weighted by molar-refractivity contribution is 0.280. The summed E-state index contributed by atoms with van der Waals surface area (Å²) < 4.78 is 12.4. The van der Waals surface area contributed by atoms with Crippen LogP contribution in [0, 0.1) is 0 Å². The van der Waals surface area contributed by atoms with Crippen LogP contribution < -0.4 is 9.47 Å². The predicted octanol–water partition coefficient (Wildman–Crippen LogP) is 0.812. The molecule has 0 amide bonds. The zero-order valence-corrected chi connectivity index (χ0v) is 10.6. The summed E-state index contributed by atoms with van der Waals surface area (Å²) in [6.07, 6.45) is 3.03. The van der Waals surface area contributed by atoms with E-state index < -0.39 is 0 Å². The number of hydrogen-bond donors (Lipinski definition) is 1. The average Bonchev–Trinajstić information content (AvgIpc) is 2.97. The first kappa shape index (κ1) is 12.3. The summed E-state index contributed by atoms with van der Waals surface area (Å²) in [6.45, 7) is -0.0687. The van der Waals surface area contributed by atoms with E-state index in [4.69, 9.17) is 14.6 Å². The highest BCUT2D eigenvalue weighted by Crippen LogP contribution is 2.31. The molecule has 0 saturated heterocycles. The molecule has 1 N–H and O–H groups in total. The van der Waals surface area contributed by atoms with Crippen molar-refractivity contribution in [3.63, 3.8) is 0 Å². The van der Waals surface area contributed by atoms with Crippen LogP contribution in [0.1, 0.15) is 5.56 Å². The van der Waals surface area contributed by atoms with Crippen LogP contribution in [0.15, 0.2) is 30.6 Å². The third kappa shape index (κ3) is 2.12. The first-order valence-electron chi connectivity index (χ1n) is 5.79. The molecule has 3 aromatic rings. The normalized spacial score (nSPS) is 10.7. The maximum Gasteiger partial charge on any atom is 0.242 e. The van der Waals surface area contributed by atoms with E-state index in [2.05, 4.69) is 20.5 Å². The standard InChI is InChI=1S/C12H11N5O3/c1-19-10-4-8(7-18)2-3-9(10)20-12-6-13-5-11-14-15-16-17(11)12/h2-6,18H,7H2,1H3. The number of methoxy groups -OCH3 is 1. The van der Waals surface area contributed by atoms with Crippen molar-refractivity contribution in [3.05, 3.63) is 36.2 Å². The van der Waals surface area contributed by atoms with Crippen molar-refractivity contribution in [2.45, 2.75) is 6.61 Å². The molecule has 2 aromatic heterocycles. The van der Waals surface area contributed by atoms with Gasteiger partial charge in [-0.3, -0.25) is 4.98 Å². The Kier molecular flexibility index (Phi) is 3.13. The summed E-state index contributed by atoms with van der Waals surface area (Å²) >= 11 is 0. The van der Waals surface area contributed by atoms with Gasteiger partial charge in [0.25, 0.3) is 0 Å². The van der Waals surface area contributed by atoms with Gasteiger partial charge < -0.3 is 14.6 Å².